The van der Waals surface area contributed by atoms with Crippen LogP contribution in [0.2, 0.25) is 0 Å². The van der Waals surface area contributed by atoms with Crippen molar-refractivity contribution in [2.75, 3.05) is 12.4 Å². The number of rotatable bonds is 5. The van der Waals surface area contributed by atoms with Gasteiger partial charge in [-0.05, 0) is 49.1 Å². The number of amides is 1. The first-order valence-corrected chi connectivity index (χ1v) is 9.06. The number of H-pyrrole nitrogens is 1. The van der Waals surface area contributed by atoms with Crippen LogP contribution in [-0.2, 0) is 0 Å². The van der Waals surface area contributed by atoms with Crippen LogP contribution in [-0.4, -0.2) is 39.7 Å². The van der Waals surface area contributed by atoms with E-state index >= 15 is 0 Å². The molecule has 9 nitrogen and oxygen atoms in total. The van der Waals surface area contributed by atoms with Gasteiger partial charge >= 0.3 is 0 Å². The van der Waals surface area contributed by atoms with E-state index in [0.29, 0.717) is 22.5 Å². The van der Waals surface area contributed by atoms with Crippen molar-refractivity contribution in [1.82, 2.24) is 20.6 Å². The van der Waals surface area contributed by atoms with Crippen LogP contribution in [0.25, 0.3) is 11.0 Å². The highest BCUT2D eigenvalue weighted by Crippen LogP contribution is 2.37. The molecule has 0 saturated heterocycles. The van der Waals surface area contributed by atoms with Crippen molar-refractivity contribution in [3.8, 4) is 11.5 Å². The molecule has 3 aromatic rings. The molecule has 1 aromatic carbocycles. The van der Waals surface area contributed by atoms with E-state index in [2.05, 4.69) is 25.9 Å². The highest BCUT2D eigenvalue weighted by Gasteiger charge is 2.26. The van der Waals surface area contributed by atoms with Gasteiger partial charge in [-0.25, -0.2) is 0 Å². The summed E-state index contributed by atoms with van der Waals surface area (Å²) in [6.07, 6.45) is 6.64. The van der Waals surface area contributed by atoms with Crippen LogP contribution in [0.15, 0.2) is 22.6 Å². The Morgan fingerprint density at radius 2 is 2.07 bits per heavy atom. The quantitative estimate of drug-likeness (QED) is 0.661. The summed E-state index contributed by atoms with van der Waals surface area (Å²) in [6.45, 7) is 0. The molecule has 4 rings (SSSR count). The van der Waals surface area contributed by atoms with Gasteiger partial charge in [-0.1, -0.05) is 17.9 Å². The largest absolute Gasteiger partial charge is 0.497 e. The molecular weight excluding hydrogens is 350 g/mol. The zero-order valence-corrected chi connectivity index (χ0v) is 15.0. The smallest absolute Gasteiger partial charge is 0.297 e. The molecule has 0 radical (unpaired) electrons. The van der Waals surface area contributed by atoms with Crippen LogP contribution in [0.3, 0.4) is 0 Å². The number of tetrazole rings is 1. The minimum Gasteiger partial charge on any atom is -0.497 e. The van der Waals surface area contributed by atoms with Gasteiger partial charge in [0.1, 0.15) is 11.3 Å². The van der Waals surface area contributed by atoms with Crippen molar-refractivity contribution < 1.29 is 18.7 Å². The molecule has 2 aromatic heterocycles. The molecule has 1 saturated carbocycles. The lowest BCUT2D eigenvalue weighted by Gasteiger charge is -2.17. The van der Waals surface area contributed by atoms with Crippen molar-refractivity contribution in [2.24, 2.45) is 0 Å². The monoisotopic (exact) mass is 371 g/mol. The Morgan fingerprint density at radius 1 is 1.26 bits per heavy atom. The Hall–Kier alpha value is -3.10. The summed E-state index contributed by atoms with van der Waals surface area (Å²) < 4.78 is 17.4. The Balaban J connectivity index is 1.70. The fourth-order valence-corrected chi connectivity index (χ4v) is 3.35. The molecule has 1 amide bonds. The van der Waals surface area contributed by atoms with Crippen LogP contribution < -0.4 is 14.8 Å². The highest BCUT2D eigenvalue weighted by molar-refractivity contribution is 6.07. The van der Waals surface area contributed by atoms with Crippen LogP contribution in [0.5, 0.6) is 11.5 Å². The van der Waals surface area contributed by atoms with Crippen LogP contribution >= 0.6 is 0 Å². The van der Waals surface area contributed by atoms with E-state index < -0.39 is 5.91 Å². The molecule has 27 heavy (non-hydrogen) atoms. The number of carbonyl (C=O) groups is 1. The highest BCUT2D eigenvalue weighted by atomic mass is 16.5. The summed E-state index contributed by atoms with van der Waals surface area (Å²) in [5, 5.41) is 16.5. The summed E-state index contributed by atoms with van der Waals surface area (Å²) >= 11 is 0. The van der Waals surface area contributed by atoms with E-state index in [4.69, 9.17) is 13.9 Å². The minimum absolute atomic E-state index is 0.0521. The molecule has 2 N–H and O–H groups in total. The molecule has 9 heteroatoms. The van der Waals surface area contributed by atoms with Crippen LogP contribution in [0.1, 0.15) is 49.1 Å². The van der Waals surface area contributed by atoms with E-state index in [1.165, 1.54) is 12.8 Å². The second-order valence-electron chi connectivity index (χ2n) is 6.54. The predicted molar refractivity (Wildman–Crippen MR) is 97.0 cm³/mol. The van der Waals surface area contributed by atoms with E-state index in [9.17, 15) is 4.79 Å². The van der Waals surface area contributed by atoms with E-state index in [-0.39, 0.29) is 17.8 Å². The number of anilines is 1. The summed E-state index contributed by atoms with van der Waals surface area (Å²) in [4.78, 5) is 12.7. The third-order valence-electron chi connectivity index (χ3n) is 4.71. The van der Waals surface area contributed by atoms with Gasteiger partial charge in [0.25, 0.3) is 11.9 Å². The number of aromatic nitrogens is 4. The van der Waals surface area contributed by atoms with Gasteiger partial charge in [0.05, 0.1) is 18.6 Å². The molecule has 0 aliphatic heterocycles. The fraction of sp³-hybridized carbons (Fsp3) is 0.444. The van der Waals surface area contributed by atoms with Gasteiger partial charge in [0.15, 0.2) is 5.75 Å². The maximum Gasteiger partial charge on any atom is 0.297 e. The zero-order valence-electron chi connectivity index (χ0n) is 15.0. The average molecular weight is 371 g/mol. The number of hydrogen-bond donors (Lipinski definition) is 2. The number of nitrogens with zero attached hydrogens (tertiary/aromatic N) is 3. The lowest BCUT2D eigenvalue weighted by molar-refractivity contribution is 0.0985. The molecule has 1 aliphatic carbocycles. The van der Waals surface area contributed by atoms with Gasteiger partial charge in [-0.3, -0.25) is 10.1 Å². The molecule has 1 fully saturated rings. The van der Waals surface area contributed by atoms with E-state index in [1.807, 2.05) is 6.07 Å². The first-order valence-electron chi connectivity index (χ1n) is 9.06. The lowest BCUT2D eigenvalue weighted by atomic mass is 10.1. The van der Waals surface area contributed by atoms with Crippen molar-refractivity contribution in [3.63, 3.8) is 0 Å². The van der Waals surface area contributed by atoms with Gasteiger partial charge in [-0.2, -0.15) is 5.21 Å². The number of fused-ring (bicyclic) bond motifs is 1. The van der Waals surface area contributed by atoms with Crippen molar-refractivity contribution >= 4 is 22.8 Å². The molecular formula is C18H21N5O4. The molecule has 0 spiro atoms. The van der Waals surface area contributed by atoms with Gasteiger partial charge in [0.2, 0.25) is 5.76 Å². The number of benzene rings is 1. The van der Waals surface area contributed by atoms with Crippen LogP contribution in [0, 0.1) is 0 Å². The fourth-order valence-electron chi connectivity index (χ4n) is 3.35. The number of methoxy groups -OCH3 is 1. The Morgan fingerprint density at radius 3 is 2.78 bits per heavy atom. The summed E-state index contributed by atoms with van der Waals surface area (Å²) in [5.41, 5.74) is 0.553. The number of ether oxygens (including phenoxy) is 2. The average Bonchev–Trinajstić information content (AvgIpc) is 3.23. The van der Waals surface area contributed by atoms with Crippen molar-refractivity contribution in [1.29, 1.82) is 0 Å². The maximum atomic E-state index is 12.7. The summed E-state index contributed by atoms with van der Waals surface area (Å²) in [7, 11) is 1.59. The molecule has 0 unspecified atom stereocenters. The Labute approximate surface area is 155 Å². The molecule has 2 heterocycles. The number of furan rings is 1. The number of aromatic amines is 1. The topological polar surface area (TPSA) is 115 Å². The minimum atomic E-state index is -0.491. The van der Waals surface area contributed by atoms with Gasteiger partial charge in [-0.15, -0.1) is 5.10 Å². The SMILES string of the molecule is COc1ccc2oc(C(=O)Nc3nn[nH]n3)c(OC3CCCCCC3)c2c1. The first kappa shape index (κ1) is 17.3. The normalized spacial score (nSPS) is 15.4. The molecule has 142 valence electrons. The second-order valence-corrected chi connectivity index (χ2v) is 6.54. The van der Waals surface area contributed by atoms with E-state index in [0.717, 1.165) is 25.7 Å². The maximum absolute atomic E-state index is 12.7. The number of carbonyl (C=O) groups excluding carboxylic acids is 1. The molecule has 0 bridgehead atoms. The Bertz CT molecular complexity index is 913. The standard InChI is InChI=1S/C18H21N5O4/c1-25-12-8-9-14-13(10-12)15(26-11-6-4-2-3-5-7-11)16(27-14)17(24)19-18-20-22-23-21-18/h8-11H,2-7H2,1H3,(H2,19,20,21,22,23,24). The zero-order chi connectivity index (χ0) is 18.6. The third kappa shape index (κ3) is 3.71. The molecule has 1 aliphatic rings. The summed E-state index contributed by atoms with van der Waals surface area (Å²) in [5.74, 6) is 0.761. The predicted octanol–water partition coefficient (Wildman–Crippen LogP) is 3.31. The van der Waals surface area contributed by atoms with Crippen LogP contribution in [0.4, 0.5) is 5.95 Å². The summed E-state index contributed by atoms with van der Waals surface area (Å²) in [6, 6.07) is 5.36. The first-order chi connectivity index (χ1) is 13.2. The lowest BCUT2D eigenvalue weighted by Crippen LogP contribution is -2.18. The molecule has 0 atom stereocenters. The number of nitrogens with one attached hydrogen (secondary N) is 2. The van der Waals surface area contributed by atoms with Crippen molar-refractivity contribution in [2.45, 2.75) is 44.6 Å². The third-order valence-corrected chi connectivity index (χ3v) is 4.71. The van der Waals surface area contributed by atoms with Gasteiger partial charge < -0.3 is 13.9 Å². The number of hydrogen-bond acceptors (Lipinski definition) is 7. The van der Waals surface area contributed by atoms with Crippen molar-refractivity contribution in [3.05, 3.63) is 24.0 Å². The van der Waals surface area contributed by atoms with Gasteiger partial charge in [0, 0.05) is 0 Å². The second kappa shape index (κ2) is 7.65. The van der Waals surface area contributed by atoms with E-state index in [1.54, 1.807) is 19.2 Å². The Kier molecular flexibility index (Phi) is 4.91.